The first-order chi connectivity index (χ1) is 33.3. The molecule has 0 bridgehead atoms. The number of amides is 1. The lowest BCUT2D eigenvalue weighted by atomic mass is 9.93. The van der Waals surface area contributed by atoms with Crippen molar-refractivity contribution < 1.29 is 72.0 Å². The van der Waals surface area contributed by atoms with Crippen molar-refractivity contribution in [3.63, 3.8) is 0 Å². The zero-order valence-corrected chi connectivity index (χ0v) is 39.7. The van der Waals surface area contributed by atoms with Crippen LogP contribution in [0, 0.1) is 5.92 Å². The van der Waals surface area contributed by atoms with Gasteiger partial charge in [-0.05, 0) is 53.9 Å². The molecule has 8 rings (SSSR count). The largest absolute Gasteiger partial charge is 0.497 e. The van der Waals surface area contributed by atoms with E-state index < -0.39 is 73.0 Å². The molecule has 0 spiro atoms. The SMILES string of the molecule is CC(=O)OCC1OC(OC(C)=O)C(NC(=O)c2cc3ccccc3[nH]2)[C@@H](OCc2ccc(CCO)cc2)[C@H]1OC(C)=O.COc1ccc(S[C@@H]2OC3COC(c4ccccc4)O[C@@H]3[C@H](O)C2C)cc1. The number of aliphatic hydroxyl groups excluding tert-OH is 2. The summed E-state index contributed by atoms with van der Waals surface area (Å²) in [5.74, 6) is -1.76. The summed E-state index contributed by atoms with van der Waals surface area (Å²) in [5, 5.41) is 23.7. The number of benzene rings is 4. The number of hydrogen-bond donors (Lipinski definition) is 4. The number of hydrogen-bond acceptors (Lipinski definition) is 16. The Kier molecular flexibility index (Phi) is 17.9. The fraction of sp³-hybridized carbons (Fsp3) is 0.412. The van der Waals surface area contributed by atoms with Crippen LogP contribution in [0.3, 0.4) is 0 Å². The maximum Gasteiger partial charge on any atom is 0.305 e. The number of aromatic nitrogens is 1. The number of carbonyl (C=O) groups excluding carboxylic acids is 4. The lowest BCUT2D eigenvalue weighted by Gasteiger charge is -2.47. The average Bonchev–Trinajstić information content (AvgIpc) is 3.79. The number of aromatic amines is 1. The summed E-state index contributed by atoms with van der Waals surface area (Å²) < 4.78 is 51.8. The molecule has 5 aromatic rings. The highest BCUT2D eigenvalue weighted by Gasteiger charge is 2.52. The Morgan fingerprint density at radius 1 is 0.812 bits per heavy atom. The van der Waals surface area contributed by atoms with Crippen LogP contribution in [0.2, 0.25) is 0 Å². The van der Waals surface area contributed by atoms with Crippen LogP contribution in [0.25, 0.3) is 10.9 Å². The van der Waals surface area contributed by atoms with Crippen molar-refractivity contribution in [1.29, 1.82) is 0 Å². The molecule has 4 aromatic carbocycles. The Morgan fingerprint density at radius 2 is 1.51 bits per heavy atom. The fourth-order valence-electron chi connectivity index (χ4n) is 8.16. The highest BCUT2D eigenvalue weighted by atomic mass is 32.2. The predicted octanol–water partition coefficient (Wildman–Crippen LogP) is 5.79. The van der Waals surface area contributed by atoms with E-state index in [0.29, 0.717) is 13.0 Å². The summed E-state index contributed by atoms with van der Waals surface area (Å²) in [5.41, 5.74) is 3.45. The second-order valence-corrected chi connectivity index (χ2v) is 17.9. The van der Waals surface area contributed by atoms with Crippen LogP contribution < -0.4 is 10.1 Å². The van der Waals surface area contributed by atoms with Gasteiger partial charge in [0.25, 0.3) is 5.91 Å². The van der Waals surface area contributed by atoms with Crippen LogP contribution in [-0.2, 0) is 65.3 Å². The molecule has 6 unspecified atom stereocenters. The van der Waals surface area contributed by atoms with Crippen LogP contribution in [0.4, 0.5) is 0 Å². The van der Waals surface area contributed by atoms with Gasteiger partial charge in [0, 0.05) is 54.7 Å². The minimum Gasteiger partial charge on any atom is -0.497 e. The topological polar surface area (TPSA) is 220 Å². The van der Waals surface area contributed by atoms with E-state index in [1.54, 1.807) is 24.9 Å². The maximum absolute atomic E-state index is 13.5. The Labute approximate surface area is 404 Å². The number of rotatable bonds is 15. The standard InChI is InChI=1S/C30H34N2O10.C21H24O5S/c1-17(34)38-16-25-27(40-18(2)35)28(39-15-21-10-8-20(9-11-21)12-13-33)26(30(42-25)41-19(3)36)32-29(37)24-14-22-6-4-5-7-23(22)31-24;1-13-18(22)19-17(12-24-20(26-19)14-6-4-3-5-7-14)25-21(13)27-16-10-8-15(23-2)9-11-16/h4-11,14,25-28,30-31,33H,12-13,15-16H2,1-3H3,(H,32,37);3-11,13,17-22H,12H2,1-2H3/t25?,26?,27-,28+,30?;13?,17?,18-,19+,20?,21+/m01/s1. The van der Waals surface area contributed by atoms with Crippen molar-refractivity contribution >= 4 is 46.5 Å². The number of H-pyrrole nitrogens is 1. The van der Waals surface area contributed by atoms with Crippen LogP contribution >= 0.6 is 11.8 Å². The van der Waals surface area contributed by atoms with E-state index in [4.69, 9.17) is 42.6 Å². The van der Waals surface area contributed by atoms with Gasteiger partial charge in [0.15, 0.2) is 12.4 Å². The van der Waals surface area contributed by atoms with Crippen LogP contribution in [-0.4, -0.2) is 120 Å². The van der Waals surface area contributed by atoms with Gasteiger partial charge in [0.05, 0.1) is 26.4 Å². The summed E-state index contributed by atoms with van der Waals surface area (Å²) in [6.45, 7) is 5.70. The molecule has 18 heteroatoms. The number of para-hydroxylation sites is 1. The van der Waals surface area contributed by atoms with Crippen molar-refractivity contribution in [3.05, 3.63) is 132 Å². The first kappa shape index (κ1) is 51.0. The third kappa shape index (κ3) is 13.5. The van der Waals surface area contributed by atoms with Crippen molar-refractivity contribution in [2.24, 2.45) is 5.92 Å². The number of nitrogens with one attached hydrogen (secondary N) is 2. The Balaban J connectivity index is 0.000000223. The summed E-state index contributed by atoms with van der Waals surface area (Å²) in [6.07, 6.45) is -5.98. The molecule has 0 radical (unpaired) electrons. The molecular formula is C51H58N2O15S. The second-order valence-electron chi connectivity index (χ2n) is 16.7. The molecule has 0 saturated carbocycles. The Bertz CT molecular complexity index is 2440. The van der Waals surface area contributed by atoms with Gasteiger partial charge in [0.1, 0.15) is 53.9 Å². The van der Waals surface area contributed by atoms with Crippen LogP contribution in [0.15, 0.2) is 114 Å². The first-order valence-electron chi connectivity index (χ1n) is 22.6. The van der Waals surface area contributed by atoms with E-state index in [0.717, 1.165) is 38.2 Å². The zero-order chi connectivity index (χ0) is 49.0. The van der Waals surface area contributed by atoms with Gasteiger partial charge in [-0.1, -0.05) is 91.5 Å². The number of ether oxygens (including phenoxy) is 9. The monoisotopic (exact) mass is 970 g/mol. The molecule has 3 aliphatic rings. The van der Waals surface area contributed by atoms with E-state index in [-0.39, 0.29) is 43.0 Å². The van der Waals surface area contributed by atoms with Gasteiger partial charge in [-0.25, -0.2) is 0 Å². The molecule has 11 atom stereocenters. The predicted molar refractivity (Wildman–Crippen MR) is 251 cm³/mol. The second kappa shape index (κ2) is 24.1. The van der Waals surface area contributed by atoms with E-state index in [1.165, 1.54) is 20.8 Å². The van der Waals surface area contributed by atoms with Gasteiger partial charge in [-0.2, -0.15) is 0 Å². The number of aliphatic hydroxyl groups is 2. The molecule has 1 amide bonds. The first-order valence-corrected chi connectivity index (χ1v) is 23.5. The molecule has 69 heavy (non-hydrogen) atoms. The molecule has 3 saturated heterocycles. The molecule has 1 aromatic heterocycles. The van der Waals surface area contributed by atoms with Crippen molar-refractivity contribution in [3.8, 4) is 5.75 Å². The Hall–Kier alpha value is -5.83. The van der Waals surface area contributed by atoms with E-state index in [9.17, 15) is 29.4 Å². The number of esters is 3. The molecule has 0 aliphatic carbocycles. The number of fused-ring (bicyclic) bond motifs is 2. The molecule has 17 nitrogen and oxygen atoms in total. The van der Waals surface area contributed by atoms with Crippen molar-refractivity contribution in [2.75, 3.05) is 26.9 Å². The van der Waals surface area contributed by atoms with Crippen LogP contribution in [0.1, 0.15) is 61.2 Å². The maximum atomic E-state index is 13.5. The smallest absolute Gasteiger partial charge is 0.305 e. The molecule has 4 N–H and O–H groups in total. The van der Waals surface area contributed by atoms with E-state index in [1.807, 2.05) is 110 Å². The fourth-order valence-corrected chi connectivity index (χ4v) is 9.30. The minimum absolute atomic E-state index is 0.0149. The van der Waals surface area contributed by atoms with Gasteiger partial charge >= 0.3 is 17.9 Å². The zero-order valence-electron chi connectivity index (χ0n) is 38.9. The molecular weight excluding hydrogens is 913 g/mol. The molecule has 3 aliphatic heterocycles. The van der Waals surface area contributed by atoms with Crippen molar-refractivity contribution in [1.82, 2.24) is 10.3 Å². The van der Waals surface area contributed by atoms with Crippen molar-refractivity contribution in [2.45, 2.75) is 106 Å². The normalized spacial score (nSPS) is 26.3. The quantitative estimate of drug-likeness (QED) is 0.0721. The third-order valence-corrected chi connectivity index (χ3v) is 13.0. The average molecular weight is 971 g/mol. The van der Waals surface area contributed by atoms with Gasteiger partial charge in [-0.15, -0.1) is 0 Å². The number of carbonyl (C=O) groups is 4. The number of thioether (sulfide) groups is 1. The summed E-state index contributed by atoms with van der Waals surface area (Å²) in [6, 6.07) is 32.9. The van der Waals surface area contributed by atoms with Gasteiger partial charge in [-0.3, -0.25) is 19.2 Å². The third-order valence-electron chi connectivity index (χ3n) is 11.7. The summed E-state index contributed by atoms with van der Waals surface area (Å²) in [4.78, 5) is 53.5. The van der Waals surface area contributed by atoms with E-state index in [2.05, 4.69) is 10.3 Å². The number of methoxy groups -OCH3 is 1. The van der Waals surface area contributed by atoms with Crippen LogP contribution in [0.5, 0.6) is 5.75 Å². The molecule has 4 heterocycles. The highest BCUT2D eigenvalue weighted by Crippen LogP contribution is 2.41. The lowest BCUT2D eigenvalue weighted by molar-refractivity contribution is -0.311. The lowest BCUT2D eigenvalue weighted by Crippen LogP contribution is -2.66. The molecule has 368 valence electrons. The van der Waals surface area contributed by atoms with Gasteiger partial charge < -0.3 is 63.1 Å². The summed E-state index contributed by atoms with van der Waals surface area (Å²) in [7, 11) is 1.65. The molecule has 3 fully saturated rings. The highest BCUT2D eigenvalue weighted by molar-refractivity contribution is 7.99. The Morgan fingerprint density at radius 3 is 2.17 bits per heavy atom. The van der Waals surface area contributed by atoms with E-state index >= 15 is 0 Å². The summed E-state index contributed by atoms with van der Waals surface area (Å²) >= 11 is 1.60. The minimum atomic E-state index is -1.37. The van der Waals surface area contributed by atoms with Gasteiger partial charge in [0.2, 0.25) is 6.29 Å².